The van der Waals surface area contributed by atoms with Crippen molar-refractivity contribution in [2.45, 2.75) is 6.04 Å². The highest BCUT2D eigenvalue weighted by atomic mass is 35.5. The molecule has 64 valence electrons. The number of hydrogen-bond acceptors (Lipinski definition) is 2. The maximum atomic E-state index is 5.76. The number of rotatable bonds is 2. The van der Waals surface area contributed by atoms with E-state index in [1.807, 2.05) is 0 Å². The third-order valence-electron chi connectivity index (χ3n) is 1.42. The molecule has 1 aromatic carbocycles. The maximum Gasteiger partial charge on any atom is 0.0586 e. The van der Waals surface area contributed by atoms with Gasteiger partial charge < -0.3 is 5.73 Å². The van der Waals surface area contributed by atoms with E-state index in [4.69, 9.17) is 41.2 Å². The molecule has 1 unspecified atom stereocenters. The Morgan fingerprint density at radius 3 is 2.17 bits per heavy atom. The Morgan fingerprint density at radius 2 is 1.75 bits per heavy atom. The van der Waals surface area contributed by atoms with Crippen LogP contribution in [0.5, 0.6) is 0 Å². The van der Waals surface area contributed by atoms with Crippen molar-refractivity contribution in [3.05, 3.63) is 33.8 Å². The molecule has 1 nitrogen and oxygen atoms in total. The van der Waals surface area contributed by atoms with E-state index >= 15 is 0 Å². The number of thiocarbonyl (C=S) groups is 1. The van der Waals surface area contributed by atoms with E-state index < -0.39 is 0 Å². The molecule has 0 amide bonds. The molecule has 0 aliphatic heterocycles. The molecular formula is C8H7Cl2NS. The quantitative estimate of drug-likeness (QED) is 0.775. The van der Waals surface area contributed by atoms with Crippen molar-refractivity contribution in [2.75, 3.05) is 0 Å². The van der Waals surface area contributed by atoms with Gasteiger partial charge in [-0.1, -0.05) is 35.4 Å². The molecule has 0 heterocycles. The molecule has 0 radical (unpaired) electrons. The van der Waals surface area contributed by atoms with Gasteiger partial charge in [-0.05, 0) is 23.8 Å². The summed E-state index contributed by atoms with van der Waals surface area (Å²) in [5.74, 6) is 0. The van der Waals surface area contributed by atoms with E-state index in [1.54, 1.807) is 18.2 Å². The van der Waals surface area contributed by atoms with Gasteiger partial charge in [-0.2, -0.15) is 0 Å². The van der Waals surface area contributed by atoms with Gasteiger partial charge in [0.25, 0.3) is 0 Å². The molecule has 1 rings (SSSR count). The smallest absolute Gasteiger partial charge is 0.0586 e. The zero-order valence-corrected chi connectivity index (χ0v) is 8.46. The number of halogens is 2. The zero-order chi connectivity index (χ0) is 9.14. The van der Waals surface area contributed by atoms with Crippen LogP contribution in [0.25, 0.3) is 0 Å². The summed E-state index contributed by atoms with van der Waals surface area (Å²) < 4.78 is 0. The maximum absolute atomic E-state index is 5.76. The molecule has 1 aromatic rings. The fraction of sp³-hybridized carbons (Fsp3) is 0.125. The summed E-state index contributed by atoms with van der Waals surface area (Å²) in [4.78, 5) is 0. The minimum Gasteiger partial charge on any atom is -0.320 e. The summed E-state index contributed by atoms with van der Waals surface area (Å²) in [6, 6.07) is 4.88. The SMILES string of the molecule is NC(C=S)c1cc(Cl)cc(Cl)c1. The van der Waals surface area contributed by atoms with E-state index in [0.29, 0.717) is 10.0 Å². The van der Waals surface area contributed by atoms with Crippen LogP contribution in [0, 0.1) is 0 Å². The highest BCUT2D eigenvalue weighted by Crippen LogP contribution is 2.21. The molecule has 0 saturated carbocycles. The van der Waals surface area contributed by atoms with Crippen LogP contribution in [0.4, 0.5) is 0 Å². The zero-order valence-electron chi connectivity index (χ0n) is 6.13. The van der Waals surface area contributed by atoms with Crippen molar-refractivity contribution in [1.82, 2.24) is 0 Å². The predicted molar refractivity (Wildman–Crippen MR) is 57.0 cm³/mol. The summed E-state index contributed by atoms with van der Waals surface area (Å²) in [6.07, 6.45) is 0. The highest BCUT2D eigenvalue weighted by molar-refractivity contribution is 7.79. The summed E-state index contributed by atoms with van der Waals surface area (Å²) in [7, 11) is 0. The molecule has 0 spiro atoms. The lowest BCUT2D eigenvalue weighted by Crippen LogP contribution is -2.09. The van der Waals surface area contributed by atoms with Gasteiger partial charge in [0.2, 0.25) is 0 Å². The largest absolute Gasteiger partial charge is 0.320 e. The minimum absolute atomic E-state index is 0.281. The van der Waals surface area contributed by atoms with Crippen LogP contribution in [-0.2, 0) is 0 Å². The normalized spacial score (nSPS) is 12.6. The summed E-state index contributed by atoms with van der Waals surface area (Å²) >= 11 is 16.2. The Hall–Kier alpha value is -0.150. The van der Waals surface area contributed by atoms with E-state index in [1.165, 1.54) is 5.37 Å². The van der Waals surface area contributed by atoms with Crippen molar-refractivity contribution in [1.29, 1.82) is 0 Å². The summed E-state index contributed by atoms with van der Waals surface area (Å²) in [5, 5.41) is 2.62. The van der Waals surface area contributed by atoms with Crippen molar-refractivity contribution >= 4 is 40.8 Å². The molecule has 0 aliphatic carbocycles. The van der Waals surface area contributed by atoms with Gasteiger partial charge >= 0.3 is 0 Å². The Bertz CT molecular complexity index is 281. The van der Waals surface area contributed by atoms with E-state index in [-0.39, 0.29) is 6.04 Å². The molecular weight excluding hydrogens is 213 g/mol. The van der Waals surface area contributed by atoms with Gasteiger partial charge in [0.05, 0.1) is 6.04 Å². The first-order valence-electron chi connectivity index (χ1n) is 3.30. The molecule has 0 fully saturated rings. The average molecular weight is 220 g/mol. The average Bonchev–Trinajstić information content (AvgIpc) is 2.01. The van der Waals surface area contributed by atoms with Crippen LogP contribution in [0.15, 0.2) is 18.2 Å². The van der Waals surface area contributed by atoms with Crippen LogP contribution in [0.1, 0.15) is 11.6 Å². The van der Waals surface area contributed by atoms with Gasteiger partial charge in [0.1, 0.15) is 0 Å². The van der Waals surface area contributed by atoms with Gasteiger partial charge in [0, 0.05) is 15.4 Å². The molecule has 12 heavy (non-hydrogen) atoms. The lowest BCUT2D eigenvalue weighted by Gasteiger charge is -2.06. The van der Waals surface area contributed by atoms with Crippen LogP contribution >= 0.6 is 35.4 Å². The Labute approximate surface area is 86.5 Å². The second-order valence-corrected chi connectivity index (χ2v) is 3.51. The number of nitrogens with two attached hydrogens (primary N) is 1. The first-order chi connectivity index (χ1) is 5.63. The van der Waals surface area contributed by atoms with Gasteiger partial charge in [-0.3, -0.25) is 0 Å². The molecule has 0 aliphatic rings. The van der Waals surface area contributed by atoms with Gasteiger partial charge in [-0.15, -0.1) is 0 Å². The van der Waals surface area contributed by atoms with Gasteiger partial charge in [0.15, 0.2) is 0 Å². The molecule has 0 bridgehead atoms. The Kier molecular flexibility index (Phi) is 3.47. The number of benzene rings is 1. The van der Waals surface area contributed by atoms with Crippen molar-refractivity contribution < 1.29 is 0 Å². The fourth-order valence-corrected chi connectivity index (χ4v) is 1.55. The van der Waals surface area contributed by atoms with E-state index in [0.717, 1.165) is 5.56 Å². The first-order valence-corrected chi connectivity index (χ1v) is 4.53. The third kappa shape index (κ3) is 2.42. The highest BCUT2D eigenvalue weighted by Gasteiger charge is 2.03. The Morgan fingerprint density at radius 1 is 1.25 bits per heavy atom. The van der Waals surface area contributed by atoms with E-state index in [9.17, 15) is 0 Å². The monoisotopic (exact) mass is 219 g/mol. The summed E-state index contributed by atoms with van der Waals surface area (Å²) in [5.41, 5.74) is 6.49. The fourth-order valence-electron chi connectivity index (χ4n) is 0.846. The lowest BCUT2D eigenvalue weighted by molar-refractivity contribution is 0.996. The molecule has 1 atom stereocenters. The molecule has 4 heteroatoms. The third-order valence-corrected chi connectivity index (χ3v) is 2.15. The second kappa shape index (κ2) is 4.19. The molecule has 0 saturated heterocycles. The van der Waals surface area contributed by atoms with Crippen molar-refractivity contribution in [3.8, 4) is 0 Å². The van der Waals surface area contributed by atoms with Crippen molar-refractivity contribution in [3.63, 3.8) is 0 Å². The van der Waals surface area contributed by atoms with Crippen LogP contribution in [-0.4, -0.2) is 5.37 Å². The number of hydrogen-bond donors (Lipinski definition) is 1. The first kappa shape index (κ1) is 9.93. The Balaban J connectivity index is 3.08. The van der Waals surface area contributed by atoms with Crippen LogP contribution in [0.3, 0.4) is 0 Å². The summed E-state index contributed by atoms with van der Waals surface area (Å²) in [6.45, 7) is 0. The van der Waals surface area contributed by atoms with Crippen molar-refractivity contribution in [2.24, 2.45) is 5.73 Å². The molecule has 0 aromatic heterocycles. The standard InChI is InChI=1S/C8H7Cl2NS/c9-6-1-5(8(11)4-12)2-7(10)3-6/h1-4,8H,11H2. The second-order valence-electron chi connectivity index (χ2n) is 2.36. The van der Waals surface area contributed by atoms with Crippen LogP contribution < -0.4 is 5.73 Å². The lowest BCUT2D eigenvalue weighted by atomic mass is 10.1. The predicted octanol–water partition coefficient (Wildman–Crippen LogP) is 2.99. The topological polar surface area (TPSA) is 26.0 Å². The van der Waals surface area contributed by atoms with Crippen LogP contribution in [0.2, 0.25) is 10.0 Å². The van der Waals surface area contributed by atoms with Gasteiger partial charge in [-0.25, -0.2) is 0 Å². The van der Waals surface area contributed by atoms with E-state index in [2.05, 4.69) is 0 Å². The molecule has 2 N–H and O–H groups in total. The minimum atomic E-state index is -0.281.